The van der Waals surface area contributed by atoms with Crippen molar-refractivity contribution in [2.75, 3.05) is 19.3 Å². The van der Waals surface area contributed by atoms with Crippen LogP contribution in [0.4, 0.5) is 5.69 Å². The molecule has 2 atom stereocenters. The van der Waals surface area contributed by atoms with Crippen molar-refractivity contribution in [1.82, 2.24) is 0 Å². The maximum atomic E-state index is 12.1. The van der Waals surface area contributed by atoms with Crippen LogP contribution in [0.5, 0.6) is 0 Å². The van der Waals surface area contributed by atoms with Crippen LogP contribution in [-0.4, -0.2) is 25.4 Å². The van der Waals surface area contributed by atoms with Crippen LogP contribution in [0.1, 0.15) is 108 Å². The number of nitrogens with zero attached hydrogens (tertiary/aromatic N) is 1. The number of hydrogen-bond acceptors (Lipinski definition) is 6. The van der Waals surface area contributed by atoms with Crippen molar-refractivity contribution >= 4 is 23.0 Å². The van der Waals surface area contributed by atoms with E-state index >= 15 is 0 Å². The van der Waals surface area contributed by atoms with Gasteiger partial charge in [-0.1, -0.05) is 55.9 Å². The molecule has 0 radical (unpaired) electrons. The quantitative estimate of drug-likeness (QED) is 0.180. The fraction of sp³-hybridized carbons (Fsp3) is 0.690. The van der Waals surface area contributed by atoms with Gasteiger partial charge in [0.05, 0.1) is 26.1 Å². The standard InChI is InChI=1S/C19H25NO4S.C7H14.C2H6.CH4/c1-19(2)9-7-14(8-10-19)16-13-15(17(25-16)18(21)24-4)20(22)11-5-6-12-23-3;1-5(2)7-4-6(7)3;1-2;/h11-14,22H,7-10H2,1-4H3;5-7H,4H2,1-3H3;1-2H3;1H4. The Morgan fingerprint density at radius 3 is 2.23 bits per heavy atom. The van der Waals surface area contributed by atoms with Gasteiger partial charge in [0.15, 0.2) is 0 Å². The maximum Gasteiger partial charge on any atom is 0.350 e. The average Bonchev–Trinajstić information content (AvgIpc) is 3.39. The molecule has 2 saturated carbocycles. The summed E-state index contributed by atoms with van der Waals surface area (Å²) in [6.07, 6.45) is 8.58. The molecule has 0 aromatic carbocycles. The predicted molar refractivity (Wildman–Crippen MR) is 148 cm³/mol. The molecule has 1 aromatic heterocycles. The lowest BCUT2D eigenvalue weighted by molar-refractivity contribution is 0.0605. The number of ether oxygens (including phenoxy) is 2. The molecule has 2 aliphatic rings. The first-order chi connectivity index (χ1) is 16.1. The Bertz CT molecular complexity index is 850. The number of carbonyl (C=O) groups is 1. The van der Waals surface area contributed by atoms with Gasteiger partial charge in [0.2, 0.25) is 0 Å². The van der Waals surface area contributed by atoms with E-state index in [-0.39, 0.29) is 7.43 Å². The lowest BCUT2D eigenvalue weighted by atomic mass is 9.73. The van der Waals surface area contributed by atoms with E-state index in [1.165, 1.54) is 44.4 Å². The van der Waals surface area contributed by atoms with Crippen LogP contribution in [0.2, 0.25) is 0 Å². The first-order valence-electron chi connectivity index (χ1n) is 12.5. The highest BCUT2D eigenvalue weighted by molar-refractivity contribution is 7.14. The van der Waals surface area contributed by atoms with Gasteiger partial charge in [0, 0.05) is 4.88 Å². The zero-order valence-corrected chi connectivity index (χ0v) is 23.4. The molecule has 0 amide bonds. The van der Waals surface area contributed by atoms with Crippen LogP contribution in [0.25, 0.3) is 0 Å². The van der Waals surface area contributed by atoms with Gasteiger partial charge in [-0.25, -0.2) is 9.86 Å². The third-order valence-corrected chi connectivity index (χ3v) is 7.83. The summed E-state index contributed by atoms with van der Waals surface area (Å²) in [4.78, 5) is 13.6. The molecule has 0 aliphatic heterocycles. The fourth-order valence-electron chi connectivity index (χ4n) is 4.23. The summed E-state index contributed by atoms with van der Waals surface area (Å²) in [7, 11) is 2.84. The largest absolute Gasteiger partial charge is 0.496 e. The molecule has 1 N–H and O–H groups in total. The summed E-state index contributed by atoms with van der Waals surface area (Å²) in [6, 6.07) is 1.87. The molecule has 35 heavy (non-hydrogen) atoms. The minimum atomic E-state index is -0.453. The van der Waals surface area contributed by atoms with Crippen LogP contribution in [0.15, 0.2) is 30.0 Å². The Balaban J connectivity index is 0.000000979. The van der Waals surface area contributed by atoms with Gasteiger partial charge in [-0.15, -0.1) is 11.3 Å². The van der Waals surface area contributed by atoms with E-state index < -0.39 is 5.97 Å². The third-order valence-electron chi connectivity index (χ3n) is 6.57. The van der Waals surface area contributed by atoms with Crippen molar-refractivity contribution in [1.29, 1.82) is 0 Å². The maximum absolute atomic E-state index is 12.1. The molecular formula is C29H49NO4S. The van der Waals surface area contributed by atoms with Crippen molar-refractivity contribution in [2.24, 2.45) is 23.2 Å². The normalized spacial score (nSPS) is 19.7. The first kappa shape index (κ1) is 33.0. The number of carbonyl (C=O) groups excluding carboxylic acids is 1. The van der Waals surface area contributed by atoms with Crippen LogP contribution >= 0.6 is 11.3 Å². The highest BCUT2D eigenvalue weighted by Crippen LogP contribution is 2.46. The zero-order chi connectivity index (χ0) is 25.9. The van der Waals surface area contributed by atoms with E-state index in [1.807, 2.05) is 19.9 Å². The lowest BCUT2D eigenvalue weighted by Gasteiger charge is -2.33. The Labute approximate surface area is 218 Å². The fourth-order valence-corrected chi connectivity index (χ4v) is 5.47. The van der Waals surface area contributed by atoms with Crippen LogP contribution in [-0.2, 0) is 9.47 Å². The molecule has 6 heteroatoms. The highest BCUT2D eigenvalue weighted by Gasteiger charge is 2.34. The molecule has 1 aromatic rings. The Hall–Kier alpha value is -1.97. The Morgan fingerprint density at radius 2 is 1.80 bits per heavy atom. The summed E-state index contributed by atoms with van der Waals surface area (Å²) in [5.74, 6) is 3.01. The van der Waals surface area contributed by atoms with Gasteiger partial charge in [0.1, 0.15) is 11.1 Å². The van der Waals surface area contributed by atoms with Crippen LogP contribution < -0.4 is 5.06 Å². The second-order valence-corrected chi connectivity index (χ2v) is 11.1. The zero-order valence-electron chi connectivity index (χ0n) is 22.6. The molecule has 5 nitrogen and oxygen atoms in total. The van der Waals surface area contributed by atoms with Gasteiger partial charge >= 0.3 is 5.97 Å². The average molecular weight is 508 g/mol. The van der Waals surface area contributed by atoms with Crippen molar-refractivity contribution in [3.8, 4) is 0 Å². The topological polar surface area (TPSA) is 59.0 Å². The second kappa shape index (κ2) is 15.9. The van der Waals surface area contributed by atoms with Gasteiger partial charge in [-0.05, 0) is 78.7 Å². The van der Waals surface area contributed by atoms with Gasteiger partial charge in [-0.3, -0.25) is 5.21 Å². The van der Waals surface area contributed by atoms with Gasteiger partial charge in [0.25, 0.3) is 0 Å². The smallest absolute Gasteiger partial charge is 0.350 e. The SMILES string of the molecule is C.CC.CC(C)C1CC1C.COC=C=C=CN(O)c1cc(C2CCC(C)(C)CC2)sc1C(=O)OC. The summed E-state index contributed by atoms with van der Waals surface area (Å²) in [6.45, 7) is 15.6. The van der Waals surface area contributed by atoms with E-state index in [0.717, 1.165) is 53.4 Å². The molecular weight excluding hydrogens is 458 g/mol. The first-order valence-corrected chi connectivity index (χ1v) is 13.3. The Kier molecular flexibility index (Phi) is 15.0. The summed E-state index contributed by atoms with van der Waals surface area (Å²) < 4.78 is 9.58. The number of rotatable bonds is 6. The number of methoxy groups -OCH3 is 2. The van der Waals surface area contributed by atoms with Crippen molar-refractivity contribution < 1.29 is 19.5 Å². The van der Waals surface area contributed by atoms with Gasteiger partial charge in [-0.2, -0.15) is 0 Å². The molecule has 0 saturated heterocycles. The number of hydroxylamine groups is 1. The molecule has 1 heterocycles. The molecule has 200 valence electrons. The molecule has 2 unspecified atom stereocenters. The molecule has 2 aliphatic carbocycles. The summed E-state index contributed by atoms with van der Waals surface area (Å²) >= 11 is 1.39. The van der Waals surface area contributed by atoms with Crippen LogP contribution in [0.3, 0.4) is 0 Å². The second-order valence-electron chi connectivity index (χ2n) is 10.0. The summed E-state index contributed by atoms with van der Waals surface area (Å²) in [5, 5.41) is 11.1. The molecule has 0 spiro atoms. The van der Waals surface area contributed by atoms with Crippen molar-refractivity contribution in [2.45, 2.75) is 93.9 Å². The number of esters is 1. The van der Waals surface area contributed by atoms with E-state index in [0.29, 0.717) is 21.9 Å². The molecule has 3 rings (SSSR count). The van der Waals surface area contributed by atoms with Crippen molar-refractivity contribution in [3.63, 3.8) is 0 Å². The Morgan fingerprint density at radius 1 is 1.23 bits per heavy atom. The van der Waals surface area contributed by atoms with Crippen molar-refractivity contribution in [3.05, 3.63) is 39.7 Å². The summed E-state index contributed by atoms with van der Waals surface area (Å²) in [5.41, 5.74) is 6.04. The van der Waals surface area contributed by atoms with Gasteiger partial charge < -0.3 is 9.47 Å². The lowest BCUT2D eigenvalue weighted by Crippen LogP contribution is -2.19. The molecule has 2 fully saturated rings. The van der Waals surface area contributed by atoms with E-state index in [9.17, 15) is 10.0 Å². The highest BCUT2D eigenvalue weighted by atomic mass is 32.1. The third kappa shape index (κ3) is 10.7. The number of anilines is 1. The molecule has 0 bridgehead atoms. The van der Waals surface area contributed by atoms with Crippen LogP contribution in [0, 0.1) is 23.2 Å². The van der Waals surface area contributed by atoms with E-state index in [2.05, 4.69) is 46.1 Å². The number of hydrogen-bond donors (Lipinski definition) is 1. The minimum Gasteiger partial charge on any atom is -0.496 e. The minimum absolute atomic E-state index is 0. The number of thiophene rings is 1. The van der Waals surface area contributed by atoms with E-state index in [4.69, 9.17) is 9.47 Å². The van der Waals surface area contributed by atoms with E-state index in [1.54, 1.807) is 0 Å². The monoisotopic (exact) mass is 507 g/mol. The predicted octanol–water partition coefficient (Wildman–Crippen LogP) is 8.80.